The second-order valence-electron chi connectivity index (χ2n) is 7.80. The maximum absolute atomic E-state index is 5.66. The van der Waals surface area contributed by atoms with Crippen LogP contribution in [0.25, 0.3) is 0 Å². The highest BCUT2D eigenvalue weighted by atomic mass is 15.3. The summed E-state index contributed by atoms with van der Waals surface area (Å²) in [6, 6.07) is 0. The summed E-state index contributed by atoms with van der Waals surface area (Å²) in [4.78, 5) is 6.99. The molecule has 1 heterocycles. The molecule has 0 aromatic heterocycles. The van der Waals surface area contributed by atoms with Gasteiger partial charge < -0.3 is 5.73 Å². The quantitative estimate of drug-likeness (QED) is 0.237. The standard InChI is InChI=1S/C23H45N3/c1-2-3-4-5-6-7-8-9-10-11-12-13-14-15-16-17-18-23-25-20-22-26(23)21-19-24/h3-4,20,23H,2,5-19,21-22,24H2,1H3/b4-3+. The minimum absolute atomic E-state index is 0.418. The predicted molar refractivity (Wildman–Crippen MR) is 117 cm³/mol. The molecule has 152 valence electrons. The lowest BCUT2D eigenvalue weighted by Crippen LogP contribution is -2.34. The van der Waals surface area contributed by atoms with Crippen molar-refractivity contribution in [1.29, 1.82) is 0 Å². The Morgan fingerprint density at radius 1 is 0.885 bits per heavy atom. The van der Waals surface area contributed by atoms with Gasteiger partial charge >= 0.3 is 0 Å². The number of rotatable bonds is 18. The number of hydrogen-bond donors (Lipinski definition) is 1. The third-order valence-corrected chi connectivity index (χ3v) is 5.42. The molecule has 0 fully saturated rings. The van der Waals surface area contributed by atoms with E-state index < -0.39 is 0 Å². The van der Waals surface area contributed by atoms with Crippen molar-refractivity contribution in [3.8, 4) is 0 Å². The van der Waals surface area contributed by atoms with Crippen LogP contribution >= 0.6 is 0 Å². The monoisotopic (exact) mass is 363 g/mol. The highest BCUT2D eigenvalue weighted by molar-refractivity contribution is 5.62. The second kappa shape index (κ2) is 17.7. The Bertz CT molecular complexity index is 351. The zero-order valence-corrected chi connectivity index (χ0v) is 17.5. The third-order valence-electron chi connectivity index (χ3n) is 5.42. The first-order chi connectivity index (χ1) is 12.9. The van der Waals surface area contributed by atoms with Crippen LogP contribution in [0.4, 0.5) is 0 Å². The molecule has 0 saturated heterocycles. The molecule has 3 nitrogen and oxygen atoms in total. The number of allylic oxidation sites excluding steroid dienone is 2. The van der Waals surface area contributed by atoms with Crippen molar-refractivity contribution >= 4 is 6.21 Å². The number of nitrogens with zero attached hydrogens (tertiary/aromatic N) is 2. The fraction of sp³-hybridized carbons (Fsp3) is 0.870. The van der Waals surface area contributed by atoms with Crippen LogP contribution < -0.4 is 5.73 Å². The first kappa shape index (κ1) is 23.4. The highest BCUT2D eigenvalue weighted by Gasteiger charge is 2.19. The molecule has 1 aliphatic heterocycles. The Hall–Kier alpha value is -0.670. The van der Waals surface area contributed by atoms with Gasteiger partial charge in [-0.25, -0.2) is 0 Å². The van der Waals surface area contributed by atoms with Gasteiger partial charge in [0, 0.05) is 25.8 Å². The van der Waals surface area contributed by atoms with E-state index in [1.165, 1.54) is 96.3 Å². The van der Waals surface area contributed by atoms with Gasteiger partial charge in [-0.1, -0.05) is 83.3 Å². The molecule has 0 radical (unpaired) electrons. The molecule has 0 spiro atoms. The summed E-state index contributed by atoms with van der Waals surface area (Å²) in [5.41, 5.74) is 5.66. The zero-order valence-electron chi connectivity index (χ0n) is 17.5. The molecule has 26 heavy (non-hydrogen) atoms. The molecule has 1 aliphatic rings. The summed E-state index contributed by atoms with van der Waals surface area (Å²) in [5, 5.41) is 0. The van der Waals surface area contributed by atoms with E-state index in [2.05, 4.69) is 35.2 Å². The van der Waals surface area contributed by atoms with Crippen molar-refractivity contribution in [2.75, 3.05) is 19.6 Å². The second-order valence-corrected chi connectivity index (χ2v) is 7.80. The van der Waals surface area contributed by atoms with Crippen LogP contribution in [0.1, 0.15) is 103 Å². The molecule has 1 atom stereocenters. The molecule has 1 rings (SSSR count). The van der Waals surface area contributed by atoms with Crippen LogP contribution in [0.15, 0.2) is 17.1 Å². The zero-order chi connectivity index (χ0) is 18.7. The number of hydrogen-bond acceptors (Lipinski definition) is 3. The van der Waals surface area contributed by atoms with E-state index in [0.717, 1.165) is 19.6 Å². The molecule has 0 aromatic rings. The Balaban J connectivity index is 1.76. The number of aliphatic imine (C=N–C) groups is 1. The minimum Gasteiger partial charge on any atom is -0.329 e. The van der Waals surface area contributed by atoms with Crippen LogP contribution in [0.2, 0.25) is 0 Å². The maximum Gasteiger partial charge on any atom is 0.102 e. The van der Waals surface area contributed by atoms with Gasteiger partial charge in [0.15, 0.2) is 0 Å². The molecule has 0 aliphatic carbocycles. The predicted octanol–water partition coefficient (Wildman–Crippen LogP) is 6.09. The molecular formula is C23H45N3. The van der Waals surface area contributed by atoms with E-state index in [0.29, 0.717) is 6.17 Å². The van der Waals surface area contributed by atoms with Gasteiger partial charge in [0.25, 0.3) is 0 Å². The average Bonchev–Trinajstić information content (AvgIpc) is 3.09. The van der Waals surface area contributed by atoms with Gasteiger partial charge in [0.1, 0.15) is 6.17 Å². The van der Waals surface area contributed by atoms with Crippen LogP contribution in [-0.2, 0) is 0 Å². The summed E-state index contributed by atoms with van der Waals surface area (Å²) < 4.78 is 0. The number of nitrogens with two attached hydrogens (primary N) is 1. The summed E-state index contributed by atoms with van der Waals surface area (Å²) in [5.74, 6) is 0. The summed E-state index contributed by atoms with van der Waals surface area (Å²) in [6.07, 6.45) is 27.7. The van der Waals surface area contributed by atoms with Gasteiger partial charge in [-0.05, 0) is 32.1 Å². The van der Waals surface area contributed by atoms with Gasteiger partial charge in [-0.3, -0.25) is 9.89 Å². The lowest BCUT2D eigenvalue weighted by Gasteiger charge is -2.21. The van der Waals surface area contributed by atoms with Gasteiger partial charge in [0.2, 0.25) is 0 Å². The molecule has 0 bridgehead atoms. The van der Waals surface area contributed by atoms with E-state index in [-0.39, 0.29) is 0 Å². The highest BCUT2D eigenvalue weighted by Crippen LogP contribution is 2.16. The van der Waals surface area contributed by atoms with Gasteiger partial charge in [-0.15, -0.1) is 0 Å². The summed E-state index contributed by atoms with van der Waals surface area (Å²) >= 11 is 0. The largest absolute Gasteiger partial charge is 0.329 e. The first-order valence-corrected chi connectivity index (χ1v) is 11.5. The van der Waals surface area contributed by atoms with Gasteiger partial charge in [-0.2, -0.15) is 0 Å². The Kier molecular flexibility index (Phi) is 15.9. The molecule has 3 heteroatoms. The average molecular weight is 364 g/mol. The van der Waals surface area contributed by atoms with Crippen molar-refractivity contribution in [3.63, 3.8) is 0 Å². The summed E-state index contributed by atoms with van der Waals surface area (Å²) in [7, 11) is 0. The third kappa shape index (κ3) is 12.6. The lowest BCUT2D eigenvalue weighted by atomic mass is 10.0. The molecule has 2 N–H and O–H groups in total. The minimum atomic E-state index is 0.418. The van der Waals surface area contributed by atoms with Crippen molar-refractivity contribution < 1.29 is 0 Å². The SMILES string of the molecule is CC/C=C/CCCCCCCCCCCCCCC1N=CCN1CCN. The van der Waals surface area contributed by atoms with E-state index in [1.807, 2.05) is 0 Å². The normalized spacial score (nSPS) is 17.7. The number of unbranched alkanes of at least 4 members (excludes halogenated alkanes) is 12. The molecule has 0 saturated carbocycles. The van der Waals surface area contributed by atoms with Crippen molar-refractivity contribution in [2.45, 2.75) is 109 Å². The maximum atomic E-state index is 5.66. The molecule has 0 amide bonds. The van der Waals surface area contributed by atoms with E-state index in [9.17, 15) is 0 Å². The molecule has 1 unspecified atom stereocenters. The van der Waals surface area contributed by atoms with E-state index in [4.69, 9.17) is 5.73 Å². The Labute approximate surface area is 163 Å². The van der Waals surface area contributed by atoms with E-state index >= 15 is 0 Å². The van der Waals surface area contributed by atoms with Gasteiger partial charge in [0.05, 0.1) is 0 Å². The van der Waals surface area contributed by atoms with Crippen molar-refractivity contribution in [1.82, 2.24) is 4.90 Å². The van der Waals surface area contributed by atoms with Crippen LogP contribution in [0, 0.1) is 0 Å². The molecule has 0 aromatic carbocycles. The Morgan fingerprint density at radius 2 is 1.46 bits per heavy atom. The van der Waals surface area contributed by atoms with Crippen LogP contribution in [0.3, 0.4) is 0 Å². The topological polar surface area (TPSA) is 41.6 Å². The van der Waals surface area contributed by atoms with Crippen molar-refractivity contribution in [2.24, 2.45) is 10.7 Å². The first-order valence-electron chi connectivity index (χ1n) is 11.5. The fourth-order valence-electron chi connectivity index (χ4n) is 3.79. The molecular weight excluding hydrogens is 318 g/mol. The fourth-order valence-corrected chi connectivity index (χ4v) is 3.79. The lowest BCUT2D eigenvalue weighted by molar-refractivity contribution is 0.241. The van der Waals surface area contributed by atoms with E-state index in [1.54, 1.807) is 0 Å². The van der Waals surface area contributed by atoms with Crippen molar-refractivity contribution in [3.05, 3.63) is 12.2 Å². The van der Waals surface area contributed by atoms with Crippen LogP contribution in [-0.4, -0.2) is 36.9 Å². The summed E-state index contributed by atoms with van der Waals surface area (Å²) in [6.45, 7) is 4.94. The van der Waals surface area contributed by atoms with Crippen LogP contribution in [0.5, 0.6) is 0 Å². The smallest absolute Gasteiger partial charge is 0.102 e. The Morgan fingerprint density at radius 3 is 2.04 bits per heavy atom.